The van der Waals surface area contributed by atoms with Crippen molar-refractivity contribution < 1.29 is 14.3 Å². The molecule has 1 aliphatic heterocycles. The van der Waals surface area contributed by atoms with Gasteiger partial charge in [0.05, 0.1) is 17.8 Å². The predicted octanol–water partition coefficient (Wildman–Crippen LogP) is 6.55. The van der Waals surface area contributed by atoms with E-state index in [0.29, 0.717) is 29.3 Å². The van der Waals surface area contributed by atoms with E-state index in [1.807, 2.05) is 13.8 Å². The third-order valence-electron chi connectivity index (χ3n) is 9.18. The molecular formula is C25H48O3Si. The summed E-state index contributed by atoms with van der Waals surface area (Å²) in [5, 5.41) is 10.6. The van der Waals surface area contributed by atoms with Crippen molar-refractivity contribution in [3.63, 3.8) is 0 Å². The van der Waals surface area contributed by atoms with Crippen molar-refractivity contribution in [1.29, 1.82) is 0 Å². The topological polar surface area (TPSA) is 38.7 Å². The van der Waals surface area contributed by atoms with Crippen LogP contribution in [0.25, 0.3) is 0 Å². The molecule has 0 bridgehead atoms. The predicted molar refractivity (Wildman–Crippen MR) is 124 cm³/mol. The van der Waals surface area contributed by atoms with Gasteiger partial charge in [-0.3, -0.25) is 0 Å². The maximum Gasteiger partial charge on any atom is 0.192 e. The van der Waals surface area contributed by atoms with Gasteiger partial charge < -0.3 is 14.3 Å². The van der Waals surface area contributed by atoms with Gasteiger partial charge in [0.2, 0.25) is 0 Å². The zero-order valence-corrected chi connectivity index (χ0v) is 21.7. The van der Waals surface area contributed by atoms with Crippen LogP contribution in [0, 0.1) is 23.2 Å². The Balaban J connectivity index is 1.75. The SMILES string of the molecule is CC(C)(O)C[C@@H]1CO[C@](C)([C@H]2CC[C@H]3[C@@H](O[Si](C)(C)C(C)(C)C)CCC[C@@]32C)C1. The smallest absolute Gasteiger partial charge is 0.192 e. The number of hydrogen-bond donors (Lipinski definition) is 1. The van der Waals surface area contributed by atoms with Crippen molar-refractivity contribution in [3.05, 3.63) is 0 Å². The van der Waals surface area contributed by atoms with E-state index < -0.39 is 13.9 Å². The lowest BCUT2D eigenvalue weighted by atomic mass is 9.60. The molecule has 3 fully saturated rings. The molecule has 2 saturated carbocycles. The maximum absolute atomic E-state index is 10.3. The first-order valence-electron chi connectivity index (χ1n) is 12.1. The Morgan fingerprint density at radius 3 is 2.31 bits per heavy atom. The zero-order valence-electron chi connectivity index (χ0n) is 20.7. The number of hydrogen-bond acceptors (Lipinski definition) is 3. The fourth-order valence-electron chi connectivity index (χ4n) is 6.90. The number of fused-ring (bicyclic) bond motifs is 1. The zero-order chi connectivity index (χ0) is 21.9. The third-order valence-corrected chi connectivity index (χ3v) is 13.7. The molecule has 0 spiro atoms. The maximum atomic E-state index is 10.3. The van der Waals surface area contributed by atoms with Crippen LogP contribution in [-0.4, -0.2) is 37.3 Å². The van der Waals surface area contributed by atoms with Crippen LogP contribution in [0.15, 0.2) is 0 Å². The van der Waals surface area contributed by atoms with Gasteiger partial charge in [0.1, 0.15) is 0 Å². The summed E-state index contributed by atoms with van der Waals surface area (Å²) in [6.45, 7) is 21.5. The average molecular weight is 425 g/mol. The number of aliphatic hydroxyl groups is 1. The van der Waals surface area contributed by atoms with Crippen LogP contribution in [0.4, 0.5) is 0 Å². The highest BCUT2D eigenvalue weighted by Gasteiger charge is 2.59. The van der Waals surface area contributed by atoms with Gasteiger partial charge in [-0.1, -0.05) is 34.1 Å². The van der Waals surface area contributed by atoms with E-state index >= 15 is 0 Å². The third kappa shape index (κ3) is 4.66. The molecule has 170 valence electrons. The molecule has 1 heterocycles. The van der Waals surface area contributed by atoms with Crippen molar-refractivity contribution in [2.75, 3.05) is 6.61 Å². The van der Waals surface area contributed by atoms with Gasteiger partial charge in [0, 0.05) is 6.10 Å². The first-order chi connectivity index (χ1) is 13.1. The van der Waals surface area contributed by atoms with Crippen molar-refractivity contribution in [2.45, 2.75) is 129 Å². The van der Waals surface area contributed by atoms with Crippen molar-refractivity contribution >= 4 is 8.32 Å². The summed E-state index contributed by atoms with van der Waals surface area (Å²) in [5.74, 6) is 1.76. The van der Waals surface area contributed by atoms with E-state index in [9.17, 15) is 5.11 Å². The second kappa shape index (κ2) is 7.60. The number of rotatable bonds is 5. The molecular weight excluding hydrogens is 376 g/mol. The van der Waals surface area contributed by atoms with E-state index in [2.05, 4.69) is 47.7 Å². The van der Waals surface area contributed by atoms with Crippen molar-refractivity contribution in [1.82, 2.24) is 0 Å². The Labute approximate surface area is 181 Å². The summed E-state index contributed by atoms with van der Waals surface area (Å²) < 4.78 is 13.6. The first-order valence-corrected chi connectivity index (χ1v) is 15.0. The van der Waals surface area contributed by atoms with E-state index in [-0.39, 0.29) is 10.6 Å². The minimum atomic E-state index is -1.75. The molecule has 0 amide bonds. The van der Waals surface area contributed by atoms with Gasteiger partial charge in [0.25, 0.3) is 0 Å². The Morgan fingerprint density at radius 2 is 1.72 bits per heavy atom. The Hall–Kier alpha value is 0.0969. The van der Waals surface area contributed by atoms with Crippen LogP contribution in [-0.2, 0) is 9.16 Å². The summed E-state index contributed by atoms with van der Waals surface area (Å²) in [6.07, 6.45) is 8.75. The Morgan fingerprint density at radius 1 is 1.07 bits per heavy atom. The highest BCUT2D eigenvalue weighted by molar-refractivity contribution is 6.74. The molecule has 4 heteroatoms. The summed E-state index contributed by atoms with van der Waals surface area (Å²) in [7, 11) is -1.75. The molecule has 6 atom stereocenters. The molecule has 0 aromatic rings. The van der Waals surface area contributed by atoms with Crippen molar-refractivity contribution in [3.8, 4) is 0 Å². The molecule has 2 aliphatic carbocycles. The molecule has 0 aromatic heterocycles. The monoisotopic (exact) mass is 424 g/mol. The minimum absolute atomic E-state index is 0.0434. The minimum Gasteiger partial charge on any atom is -0.414 e. The van der Waals surface area contributed by atoms with Crippen LogP contribution in [0.2, 0.25) is 18.1 Å². The fraction of sp³-hybridized carbons (Fsp3) is 1.00. The van der Waals surface area contributed by atoms with E-state index in [0.717, 1.165) is 19.4 Å². The summed E-state index contributed by atoms with van der Waals surface area (Å²) in [5.41, 5.74) is -0.323. The second-order valence-corrected chi connectivity index (χ2v) is 18.0. The lowest BCUT2D eigenvalue weighted by molar-refractivity contribution is -0.0972. The van der Waals surface area contributed by atoms with Gasteiger partial charge in [-0.15, -0.1) is 0 Å². The van der Waals surface area contributed by atoms with E-state index in [4.69, 9.17) is 9.16 Å². The molecule has 1 saturated heterocycles. The summed E-state index contributed by atoms with van der Waals surface area (Å²) in [4.78, 5) is 0. The Bertz CT molecular complexity index is 590. The molecule has 0 aromatic carbocycles. The van der Waals surface area contributed by atoms with Crippen LogP contribution in [0.1, 0.15) is 93.4 Å². The standard InChI is InChI=1S/C25H48O3Si/c1-22(2,3)29(8,9)28-20-11-10-14-24(6)19(20)12-13-21(24)25(7)16-18(17-27-25)15-23(4,5)26/h18-21,26H,10-17H2,1-9H3/t18-,19-,20-,21-,24-,25-/m0/s1. The van der Waals surface area contributed by atoms with E-state index in [1.54, 1.807) is 0 Å². The molecule has 0 unspecified atom stereocenters. The van der Waals surface area contributed by atoms with Gasteiger partial charge >= 0.3 is 0 Å². The van der Waals surface area contributed by atoms with Gasteiger partial charge in [-0.25, -0.2) is 0 Å². The van der Waals surface area contributed by atoms with Gasteiger partial charge in [-0.05, 0) is 101 Å². The van der Waals surface area contributed by atoms with Crippen molar-refractivity contribution in [2.24, 2.45) is 23.2 Å². The molecule has 29 heavy (non-hydrogen) atoms. The molecule has 3 aliphatic rings. The molecule has 0 radical (unpaired) electrons. The fourth-order valence-corrected chi connectivity index (χ4v) is 8.29. The van der Waals surface area contributed by atoms with Crippen LogP contribution >= 0.6 is 0 Å². The number of ether oxygens (including phenoxy) is 1. The largest absolute Gasteiger partial charge is 0.414 e. The highest BCUT2D eigenvalue weighted by atomic mass is 28.4. The lowest BCUT2D eigenvalue weighted by Crippen LogP contribution is -2.52. The normalized spacial score (nSPS) is 41.6. The van der Waals surface area contributed by atoms with Crippen LogP contribution in [0.5, 0.6) is 0 Å². The quantitative estimate of drug-likeness (QED) is 0.509. The summed E-state index contributed by atoms with van der Waals surface area (Å²) >= 11 is 0. The first kappa shape index (κ1) is 23.8. The molecule has 3 nitrogen and oxygen atoms in total. The highest BCUT2D eigenvalue weighted by Crippen LogP contribution is 2.62. The van der Waals surface area contributed by atoms with Gasteiger partial charge in [-0.2, -0.15) is 0 Å². The second-order valence-electron chi connectivity index (χ2n) is 13.3. The van der Waals surface area contributed by atoms with E-state index in [1.165, 1.54) is 32.1 Å². The molecule has 3 rings (SSSR count). The van der Waals surface area contributed by atoms with Gasteiger partial charge in [0.15, 0.2) is 8.32 Å². The van der Waals surface area contributed by atoms with Crippen LogP contribution in [0.3, 0.4) is 0 Å². The lowest BCUT2D eigenvalue weighted by Gasteiger charge is -2.51. The average Bonchev–Trinajstić information content (AvgIpc) is 3.06. The molecule has 1 N–H and O–H groups in total. The Kier molecular flexibility index (Phi) is 6.23. The summed E-state index contributed by atoms with van der Waals surface area (Å²) in [6, 6.07) is 0. The van der Waals surface area contributed by atoms with Crippen LogP contribution < -0.4 is 0 Å².